The molecule has 31 heavy (non-hydrogen) atoms. The Morgan fingerprint density at radius 3 is 2.39 bits per heavy atom. The minimum Gasteiger partial charge on any atom is -0.493 e. The number of carbonyl (C=O) groups is 2. The summed E-state index contributed by atoms with van der Waals surface area (Å²) in [4.78, 5) is 24.3. The van der Waals surface area contributed by atoms with E-state index in [2.05, 4.69) is 5.32 Å². The molecule has 166 valence electrons. The number of hydrogen-bond acceptors (Lipinski definition) is 7. The summed E-state index contributed by atoms with van der Waals surface area (Å²) in [6, 6.07) is 9.12. The number of carbonyl (C=O) groups excluding carboxylic acids is 2. The van der Waals surface area contributed by atoms with E-state index in [1.807, 2.05) is 0 Å². The SMILES string of the molecule is COc1cc(C(=O)NC2CCCS(=O)(=O)c3ccccc32)cc(OC)c1OCC(N)=O. The van der Waals surface area contributed by atoms with Gasteiger partial charge in [0.2, 0.25) is 5.75 Å². The first kappa shape index (κ1) is 22.4. The Morgan fingerprint density at radius 2 is 1.77 bits per heavy atom. The number of nitrogens with one attached hydrogen (secondary N) is 1. The predicted molar refractivity (Wildman–Crippen MR) is 112 cm³/mol. The van der Waals surface area contributed by atoms with Crippen LogP contribution in [0, 0.1) is 0 Å². The van der Waals surface area contributed by atoms with E-state index in [1.54, 1.807) is 24.3 Å². The summed E-state index contributed by atoms with van der Waals surface area (Å²) >= 11 is 0. The molecule has 0 spiro atoms. The lowest BCUT2D eigenvalue weighted by molar-refractivity contribution is -0.120. The first-order chi connectivity index (χ1) is 14.8. The Hall–Kier alpha value is -3.27. The molecule has 0 fully saturated rings. The Bertz CT molecular complexity index is 1070. The average Bonchev–Trinajstić information content (AvgIpc) is 2.87. The van der Waals surface area contributed by atoms with Gasteiger partial charge in [0, 0.05) is 5.56 Å². The minimum absolute atomic E-state index is 0.0317. The van der Waals surface area contributed by atoms with E-state index >= 15 is 0 Å². The molecule has 0 saturated carbocycles. The van der Waals surface area contributed by atoms with Gasteiger partial charge in [-0.15, -0.1) is 0 Å². The van der Waals surface area contributed by atoms with Crippen molar-refractivity contribution in [3.8, 4) is 17.2 Å². The van der Waals surface area contributed by atoms with Crippen molar-refractivity contribution in [1.82, 2.24) is 5.32 Å². The maximum atomic E-state index is 13.0. The van der Waals surface area contributed by atoms with Crippen molar-refractivity contribution in [2.75, 3.05) is 26.6 Å². The van der Waals surface area contributed by atoms with Crippen LogP contribution in [-0.2, 0) is 14.6 Å². The van der Waals surface area contributed by atoms with Gasteiger partial charge in [-0.05, 0) is 36.6 Å². The lowest BCUT2D eigenvalue weighted by Gasteiger charge is -2.20. The van der Waals surface area contributed by atoms with E-state index in [-0.39, 0.29) is 40.1 Å². The van der Waals surface area contributed by atoms with Gasteiger partial charge in [0.1, 0.15) is 0 Å². The Balaban J connectivity index is 1.92. The van der Waals surface area contributed by atoms with E-state index in [1.165, 1.54) is 26.4 Å². The molecule has 0 bridgehead atoms. The summed E-state index contributed by atoms with van der Waals surface area (Å²) < 4.78 is 41.0. The topological polar surface area (TPSA) is 134 Å². The second-order valence-corrected chi connectivity index (χ2v) is 9.07. The number of hydrogen-bond donors (Lipinski definition) is 2. The van der Waals surface area contributed by atoms with E-state index in [0.717, 1.165) is 0 Å². The summed E-state index contributed by atoms with van der Waals surface area (Å²) in [5.74, 6) is -0.551. The zero-order chi connectivity index (χ0) is 22.6. The standard InChI is InChI=1S/C21H24N2O7S/c1-28-16-10-13(11-17(29-2)20(16)30-12-19(22)24)21(25)23-15-7-5-9-31(26,27)18-8-4-3-6-14(15)18/h3-4,6,8,10-11,15H,5,7,9,12H2,1-2H3,(H2,22,24)(H,23,25). The van der Waals surface area contributed by atoms with Crippen LogP contribution in [0.15, 0.2) is 41.3 Å². The molecule has 0 radical (unpaired) electrons. The molecule has 2 aromatic carbocycles. The number of sulfone groups is 1. The molecule has 9 nitrogen and oxygen atoms in total. The van der Waals surface area contributed by atoms with Crippen molar-refractivity contribution >= 4 is 21.7 Å². The highest BCUT2D eigenvalue weighted by atomic mass is 32.2. The average molecular weight is 448 g/mol. The van der Waals surface area contributed by atoms with E-state index < -0.39 is 27.7 Å². The van der Waals surface area contributed by atoms with E-state index in [9.17, 15) is 18.0 Å². The third kappa shape index (κ3) is 4.91. The highest BCUT2D eigenvalue weighted by Crippen LogP contribution is 2.39. The van der Waals surface area contributed by atoms with Gasteiger partial charge in [-0.1, -0.05) is 18.2 Å². The molecule has 10 heteroatoms. The van der Waals surface area contributed by atoms with Crippen LogP contribution in [0.2, 0.25) is 0 Å². The van der Waals surface area contributed by atoms with Crippen molar-refractivity contribution < 1.29 is 32.2 Å². The van der Waals surface area contributed by atoms with Crippen molar-refractivity contribution in [2.45, 2.75) is 23.8 Å². The number of primary amides is 1. The maximum Gasteiger partial charge on any atom is 0.255 e. The van der Waals surface area contributed by atoms with Gasteiger partial charge in [-0.2, -0.15) is 0 Å². The van der Waals surface area contributed by atoms with Crippen LogP contribution >= 0.6 is 0 Å². The van der Waals surface area contributed by atoms with Crippen LogP contribution in [0.4, 0.5) is 0 Å². The third-order valence-corrected chi connectivity index (χ3v) is 6.79. The smallest absolute Gasteiger partial charge is 0.255 e. The highest BCUT2D eigenvalue weighted by Gasteiger charge is 2.29. The molecule has 1 atom stereocenters. The molecule has 0 saturated heterocycles. The van der Waals surface area contributed by atoms with E-state index in [4.69, 9.17) is 19.9 Å². The molecule has 1 heterocycles. The number of methoxy groups -OCH3 is 2. The van der Waals surface area contributed by atoms with Gasteiger partial charge in [0.25, 0.3) is 11.8 Å². The largest absolute Gasteiger partial charge is 0.493 e. The molecule has 2 amide bonds. The fraction of sp³-hybridized carbons (Fsp3) is 0.333. The monoisotopic (exact) mass is 448 g/mol. The van der Waals surface area contributed by atoms with Gasteiger partial charge < -0.3 is 25.3 Å². The fourth-order valence-corrected chi connectivity index (χ4v) is 5.10. The molecule has 3 N–H and O–H groups in total. The number of nitrogens with two attached hydrogens (primary N) is 1. The zero-order valence-corrected chi connectivity index (χ0v) is 18.0. The number of ether oxygens (including phenoxy) is 3. The number of benzene rings is 2. The Morgan fingerprint density at radius 1 is 1.13 bits per heavy atom. The summed E-state index contributed by atoms with van der Waals surface area (Å²) in [7, 11) is -0.620. The number of rotatable bonds is 7. The van der Waals surface area contributed by atoms with Gasteiger partial charge in [-0.25, -0.2) is 8.42 Å². The van der Waals surface area contributed by atoms with Gasteiger partial charge in [0.15, 0.2) is 27.9 Å². The summed E-state index contributed by atoms with van der Waals surface area (Å²) in [6.45, 7) is -0.383. The quantitative estimate of drug-likeness (QED) is 0.657. The minimum atomic E-state index is -3.40. The number of amides is 2. The molecule has 2 aromatic rings. The van der Waals surface area contributed by atoms with Crippen LogP contribution in [0.3, 0.4) is 0 Å². The highest BCUT2D eigenvalue weighted by molar-refractivity contribution is 7.91. The van der Waals surface area contributed by atoms with Crippen LogP contribution in [0.25, 0.3) is 0 Å². The molecule has 3 rings (SSSR count). The maximum absolute atomic E-state index is 13.0. The zero-order valence-electron chi connectivity index (χ0n) is 17.2. The van der Waals surface area contributed by atoms with Crippen LogP contribution in [0.1, 0.15) is 34.8 Å². The molecular formula is C21H24N2O7S. The van der Waals surface area contributed by atoms with Crippen molar-refractivity contribution in [2.24, 2.45) is 5.73 Å². The molecule has 1 unspecified atom stereocenters. The summed E-state index contributed by atoms with van der Waals surface area (Å²) in [5.41, 5.74) is 5.91. The van der Waals surface area contributed by atoms with Crippen LogP contribution < -0.4 is 25.3 Å². The third-order valence-electron chi connectivity index (χ3n) is 4.92. The van der Waals surface area contributed by atoms with Crippen molar-refractivity contribution in [3.63, 3.8) is 0 Å². The second kappa shape index (κ2) is 9.25. The van der Waals surface area contributed by atoms with Gasteiger partial charge >= 0.3 is 0 Å². The first-order valence-corrected chi connectivity index (χ1v) is 11.2. The Kier molecular flexibility index (Phi) is 6.69. The normalized spacial score (nSPS) is 17.0. The van der Waals surface area contributed by atoms with Crippen LogP contribution in [-0.4, -0.2) is 46.8 Å². The number of fused-ring (bicyclic) bond motifs is 1. The molecule has 0 aromatic heterocycles. The summed E-state index contributed by atoms with van der Waals surface area (Å²) in [6.07, 6.45) is 0.907. The van der Waals surface area contributed by atoms with Crippen molar-refractivity contribution in [1.29, 1.82) is 0 Å². The van der Waals surface area contributed by atoms with Gasteiger partial charge in [-0.3, -0.25) is 9.59 Å². The molecule has 1 aliphatic heterocycles. The molecular weight excluding hydrogens is 424 g/mol. The Labute approximate surface area is 180 Å². The lowest BCUT2D eigenvalue weighted by atomic mass is 10.0. The summed E-state index contributed by atoms with van der Waals surface area (Å²) in [5, 5.41) is 2.91. The lowest BCUT2D eigenvalue weighted by Crippen LogP contribution is -2.29. The molecule has 1 aliphatic rings. The van der Waals surface area contributed by atoms with Crippen molar-refractivity contribution in [3.05, 3.63) is 47.5 Å². The predicted octanol–water partition coefficient (Wildman–Crippen LogP) is 1.61. The second-order valence-electron chi connectivity index (χ2n) is 6.99. The first-order valence-electron chi connectivity index (χ1n) is 9.56. The van der Waals surface area contributed by atoms with Gasteiger partial charge in [0.05, 0.1) is 30.9 Å². The molecule has 0 aliphatic carbocycles. The van der Waals surface area contributed by atoms with E-state index in [0.29, 0.717) is 18.4 Å². The van der Waals surface area contributed by atoms with Crippen LogP contribution in [0.5, 0.6) is 17.2 Å². The fourth-order valence-electron chi connectivity index (χ4n) is 3.48.